The third-order valence-corrected chi connectivity index (χ3v) is 3.64. The van der Waals surface area contributed by atoms with E-state index in [-0.39, 0.29) is 11.9 Å². The number of aliphatic carboxylic acids is 1. The topological polar surface area (TPSA) is 75.6 Å². The van der Waals surface area contributed by atoms with Crippen LogP contribution in [0.2, 0.25) is 5.02 Å². The van der Waals surface area contributed by atoms with E-state index < -0.39 is 18.2 Å². The highest BCUT2D eigenvalue weighted by Gasteiger charge is 2.34. The standard InChI is InChI=1S/C15H18ClNO4/c1-9(7-10-3-2-4-11(16)8-10)17-14(18)12-5-6-13(21-12)15(19)20/h2-4,8-9,12-13H,5-7H2,1H3,(H,17,18)(H,19,20). The molecule has 0 bridgehead atoms. The average molecular weight is 312 g/mol. The SMILES string of the molecule is CC(Cc1cccc(Cl)c1)NC(=O)C1CCC(C(=O)O)O1. The molecule has 2 N–H and O–H groups in total. The number of carboxylic acid groups (broad SMARTS) is 1. The van der Waals surface area contributed by atoms with E-state index in [0.29, 0.717) is 24.3 Å². The van der Waals surface area contributed by atoms with E-state index in [0.717, 1.165) is 5.56 Å². The van der Waals surface area contributed by atoms with Crippen molar-refractivity contribution >= 4 is 23.5 Å². The molecule has 1 aliphatic rings. The van der Waals surface area contributed by atoms with Gasteiger partial charge >= 0.3 is 5.97 Å². The monoisotopic (exact) mass is 311 g/mol. The first kappa shape index (κ1) is 15.8. The Hall–Kier alpha value is -1.59. The van der Waals surface area contributed by atoms with E-state index in [1.54, 1.807) is 6.07 Å². The molecule has 3 unspecified atom stereocenters. The van der Waals surface area contributed by atoms with Gasteiger partial charge in [-0.1, -0.05) is 23.7 Å². The van der Waals surface area contributed by atoms with Gasteiger partial charge in [-0.3, -0.25) is 4.79 Å². The molecule has 1 amide bonds. The van der Waals surface area contributed by atoms with Gasteiger partial charge in [0.15, 0.2) is 6.10 Å². The largest absolute Gasteiger partial charge is 0.479 e. The molecule has 21 heavy (non-hydrogen) atoms. The van der Waals surface area contributed by atoms with Crippen LogP contribution in [0.5, 0.6) is 0 Å². The second-order valence-corrected chi connectivity index (χ2v) is 5.71. The number of carboxylic acids is 1. The number of hydrogen-bond donors (Lipinski definition) is 2. The highest BCUT2D eigenvalue weighted by atomic mass is 35.5. The van der Waals surface area contributed by atoms with Crippen molar-refractivity contribution in [2.75, 3.05) is 0 Å². The third-order valence-electron chi connectivity index (χ3n) is 3.41. The quantitative estimate of drug-likeness (QED) is 0.872. The Balaban J connectivity index is 1.84. The zero-order valence-corrected chi connectivity index (χ0v) is 12.5. The molecule has 1 aromatic rings. The summed E-state index contributed by atoms with van der Waals surface area (Å²) in [7, 11) is 0. The lowest BCUT2D eigenvalue weighted by molar-refractivity contribution is -0.151. The summed E-state index contributed by atoms with van der Waals surface area (Å²) in [5, 5.41) is 12.4. The van der Waals surface area contributed by atoms with Gasteiger partial charge < -0.3 is 15.2 Å². The molecule has 5 nitrogen and oxygen atoms in total. The fourth-order valence-corrected chi connectivity index (χ4v) is 2.63. The summed E-state index contributed by atoms with van der Waals surface area (Å²) in [6.45, 7) is 1.89. The van der Waals surface area contributed by atoms with Crippen molar-refractivity contribution in [3.05, 3.63) is 34.9 Å². The first-order valence-corrected chi connectivity index (χ1v) is 7.26. The van der Waals surface area contributed by atoms with Crippen LogP contribution in [0.1, 0.15) is 25.3 Å². The van der Waals surface area contributed by atoms with Crippen molar-refractivity contribution in [2.24, 2.45) is 0 Å². The normalized spacial score (nSPS) is 22.8. The van der Waals surface area contributed by atoms with Crippen LogP contribution in [-0.2, 0) is 20.7 Å². The maximum atomic E-state index is 12.0. The highest BCUT2D eigenvalue weighted by molar-refractivity contribution is 6.30. The van der Waals surface area contributed by atoms with Gasteiger partial charge in [0.05, 0.1) is 0 Å². The van der Waals surface area contributed by atoms with Crippen LogP contribution in [0.4, 0.5) is 0 Å². The van der Waals surface area contributed by atoms with E-state index in [1.165, 1.54) is 0 Å². The van der Waals surface area contributed by atoms with Gasteiger partial charge in [-0.25, -0.2) is 4.79 Å². The highest BCUT2D eigenvalue weighted by Crippen LogP contribution is 2.20. The predicted molar refractivity (Wildman–Crippen MR) is 78.3 cm³/mol. The summed E-state index contributed by atoms with van der Waals surface area (Å²) in [5.74, 6) is -1.27. The Morgan fingerprint density at radius 3 is 2.76 bits per heavy atom. The molecule has 1 aliphatic heterocycles. The number of rotatable bonds is 5. The van der Waals surface area contributed by atoms with Gasteiger partial charge in [0.2, 0.25) is 5.91 Å². The van der Waals surface area contributed by atoms with Gasteiger partial charge in [-0.15, -0.1) is 0 Å². The molecule has 0 saturated carbocycles. The Bertz CT molecular complexity index is 534. The summed E-state index contributed by atoms with van der Waals surface area (Å²) in [5.41, 5.74) is 1.03. The fraction of sp³-hybridized carbons (Fsp3) is 0.467. The van der Waals surface area contributed by atoms with E-state index in [4.69, 9.17) is 21.4 Å². The first-order valence-electron chi connectivity index (χ1n) is 6.89. The van der Waals surface area contributed by atoms with Crippen LogP contribution in [-0.4, -0.2) is 35.2 Å². The number of nitrogens with one attached hydrogen (secondary N) is 1. The summed E-state index contributed by atoms with van der Waals surface area (Å²) < 4.78 is 5.22. The molecule has 0 aliphatic carbocycles. The Morgan fingerprint density at radius 1 is 1.43 bits per heavy atom. The molecule has 1 heterocycles. The summed E-state index contributed by atoms with van der Waals surface area (Å²) >= 11 is 5.92. The van der Waals surface area contributed by atoms with Gasteiger partial charge in [-0.2, -0.15) is 0 Å². The molecule has 114 valence electrons. The van der Waals surface area contributed by atoms with Crippen molar-refractivity contribution in [1.82, 2.24) is 5.32 Å². The van der Waals surface area contributed by atoms with Crippen LogP contribution in [0.25, 0.3) is 0 Å². The summed E-state index contributed by atoms with van der Waals surface area (Å²) in [6.07, 6.45) is -0.0821. The average Bonchev–Trinajstić information content (AvgIpc) is 2.88. The number of benzene rings is 1. The molecule has 1 aromatic carbocycles. The molecule has 3 atom stereocenters. The van der Waals surface area contributed by atoms with Crippen LogP contribution >= 0.6 is 11.6 Å². The predicted octanol–water partition coefficient (Wildman–Crippen LogP) is 2.02. The zero-order chi connectivity index (χ0) is 15.4. The second kappa shape index (κ2) is 6.91. The number of carbonyl (C=O) groups excluding carboxylic acids is 1. The first-order chi connectivity index (χ1) is 9.95. The van der Waals surface area contributed by atoms with Crippen LogP contribution in [0, 0.1) is 0 Å². The van der Waals surface area contributed by atoms with Gasteiger partial charge in [-0.05, 0) is 43.9 Å². The van der Waals surface area contributed by atoms with Crippen LogP contribution in [0.3, 0.4) is 0 Å². The minimum absolute atomic E-state index is 0.0801. The summed E-state index contributed by atoms with van der Waals surface area (Å²) in [4.78, 5) is 22.8. The molecule has 0 aromatic heterocycles. The molecule has 2 rings (SSSR count). The summed E-state index contributed by atoms with van der Waals surface area (Å²) in [6, 6.07) is 7.39. The van der Waals surface area contributed by atoms with Crippen molar-refractivity contribution in [3.63, 3.8) is 0 Å². The van der Waals surface area contributed by atoms with Crippen LogP contribution < -0.4 is 5.32 Å². The molecule has 1 fully saturated rings. The Labute approximate surface area is 128 Å². The number of carbonyl (C=O) groups is 2. The van der Waals surface area contributed by atoms with Gasteiger partial charge in [0.25, 0.3) is 0 Å². The number of halogens is 1. The smallest absolute Gasteiger partial charge is 0.332 e. The van der Waals surface area contributed by atoms with E-state index in [1.807, 2.05) is 25.1 Å². The molecular weight excluding hydrogens is 294 g/mol. The minimum Gasteiger partial charge on any atom is -0.479 e. The number of ether oxygens (including phenoxy) is 1. The van der Waals surface area contributed by atoms with E-state index in [9.17, 15) is 9.59 Å². The second-order valence-electron chi connectivity index (χ2n) is 5.27. The molecular formula is C15H18ClNO4. The lowest BCUT2D eigenvalue weighted by Crippen LogP contribution is -2.41. The Morgan fingerprint density at radius 2 is 2.14 bits per heavy atom. The number of amides is 1. The molecule has 1 saturated heterocycles. The van der Waals surface area contributed by atoms with E-state index in [2.05, 4.69) is 5.32 Å². The van der Waals surface area contributed by atoms with Crippen molar-refractivity contribution in [1.29, 1.82) is 0 Å². The fourth-order valence-electron chi connectivity index (χ4n) is 2.42. The zero-order valence-electron chi connectivity index (χ0n) is 11.7. The van der Waals surface area contributed by atoms with Gasteiger partial charge in [0, 0.05) is 11.1 Å². The lowest BCUT2D eigenvalue weighted by atomic mass is 10.1. The number of hydrogen-bond acceptors (Lipinski definition) is 3. The Kier molecular flexibility index (Phi) is 5.20. The van der Waals surface area contributed by atoms with Crippen LogP contribution in [0.15, 0.2) is 24.3 Å². The maximum absolute atomic E-state index is 12.0. The molecule has 0 radical (unpaired) electrons. The maximum Gasteiger partial charge on any atom is 0.332 e. The van der Waals surface area contributed by atoms with E-state index >= 15 is 0 Å². The molecule has 0 spiro atoms. The van der Waals surface area contributed by atoms with Crippen molar-refractivity contribution in [3.8, 4) is 0 Å². The molecule has 6 heteroatoms. The lowest BCUT2D eigenvalue weighted by Gasteiger charge is -2.17. The third kappa shape index (κ3) is 4.44. The van der Waals surface area contributed by atoms with Crippen molar-refractivity contribution in [2.45, 2.75) is 44.4 Å². The van der Waals surface area contributed by atoms with Gasteiger partial charge in [0.1, 0.15) is 6.10 Å². The van der Waals surface area contributed by atoms with Crippen molar-refractivity contribution < 1.29 is 19.4 Å². The minimum atomic E-state index is -1.02.